The summed E-state index contributed by atoms with van der Waals surface area (Å²) in [5.41, 5.74) is 1.38. The summed E-state index contributed by atoms with van der Waals surface area (Å²) in [5, 5.41) is 0. The van der Waals surface area contributed by atoms with Gasteiger partial charge in [-0.15, -0.1) is 0 Å². The van der Waals surface area contributed by atoms with E-state index < -0.39 is 18.2 Å². The zero-order valence-electron chi connectivity index (χ0n) is 11.8. The Labute approximate surface area is 108 Å². The Balaban J connectivity index is 2.67. The summed E-state index contributed by atoms with van der Waals surface area (Å²) in [5.74, 6) is -0.537. The quantitative estimate of drug-likeness (QED) is 0.440. The van der Waals surface area contributed by atoms with Gasteiger partial charge < -0.3 is 9.47 Å². The molecule has 0 aliphatic heterocycles. The smallest absolute Gasteiger partial charge is 0.305 e. The van der Waals surface area contributed by atoms with Crippen LogP contribution in [0.2, 0.25) is 0 Å². The van der Waals surface area contributed by atoms with Crippen LogP contribution in [0.25, 0.3) is 0 Å². The molecule has 0 fully saturated rings. The van der Waals surface area contributed by atoms with Crippen molar-refractivity contribution < 1.29 is 19.1 Å². The summed E-state index contributed by atoms with van der Waals surface area (Å²) in [7, 11) is 0. The maximum atomic E-state index is 11.0. The molecule has 0 aromatic rings. The summed E-state index contributed by atoms with van der Waals surface area (Å²) < 4.78 is 10.1. The van der Waals surface area contributed by atoms with Gasteiger partial charge in [-0.2, -0.15) is 0 Å². The van der Waals surface area contributed by atoms with Crippen LogP contribution >= 0.6 is 0 Å². The summed E-state index contributed by atoms with van der Waals surface area (Å²) in [4.78, 5) is 22.0. The van der Waals surface area contributed by atoms with E-state index in [0.717, 1.165) is 6.42 Å². The van der Waals surface area contributed by atoms with Gasteiger partial charge in [0.2, 0.25) is 6.29 Å². The lowest BCUT2D eigenvalue weighted by atomic mass is 9.76. The maximum absolute atomic E-state index is 11.0. The van der Waals surface area contributed by atoms with Crippen LogP contribution in [0.15, 0.2) is 11.6 Å². The first-order valence-electron chi connectivity index (χ1n) is 6.25. The molecule has 0 radical (unpaired) electrons. The number of hydrogen-bond acceptors (Lipinski definition) is 4. The average Bonchev–Trinajstić information content (AvgIpc) is 2.43. The summed E-state index contributed by atoms with van der Waals surface area (Å²) >= 11 is 0. The lowest BCUT2D eigenvalue weighted by Gasteiger charge is -2.31. The highest BCUT2D eigenvalue weighted by Gasteiger charge is 2.37. The minimum Gasteiger partial charge on any atom is -0.425 e. The molecule has 0 saturated heterocycles. The Morgan fingerprint density at radius 1 is 1.33 bits per heavy atom. The summed E-state index contributed by atoms with van der Waals surface area (Å²) in [6.45, 7) is 9.07. The fourth-order valence-electron chi connectivity index (χ4n) is 2.31. The van der Waals surface area contributed by atoms with E-state index in [4.69, 9.17) is 9.47 Å². The second kappa shape index (κ2) is 5.55. The average molecular weight is 254 g/mol. The van der Waals surface area contributed by atoms with Gasteiger partial charge in [0, 0.05) is 20.3 Å². The first-order chi connectivity index (χ1) is 8.23. The van der Waals surface area contributed by atoms with E-state index in [0.29, 0.717) is 12.3 Å². The highest BCUT2D eigenvalue weighted by molar-refractivity contribution is 5.68. The second-order valence-corrected chi connectivity index (χ2v) is 5.43. The number of carbonyl (C=O) groups excluding carboxylic acids is 2. The fourth-order valence-corrected chi connectivity index (χ4v) is 2.31. The van der Waals surface area contributed by atoms with Crippen LogP contribution in [0, 0.1) is 11.3 Å². The molecule has 102 valence electrons. The Bertz CT molecular complexity index is 352. The van der Waals surface area contributed by atoms with E-state index in [1.807, 2.05) is 0 Å². The van der Waals surface area contributed by atoms with Crippen molar-refractivity contribution in [3.63, 3.8) is 0 Å². The second-order valence-electron chi connectivity index (χ2n) is 5.43. The minimum atomic E-state index is -0.774. The first-order valence-corrected chi connectivity index (χ1v) is 6.25. The molecule has 0 bridgehead atoms. The Kier molecular flexibility index (Phi) is 4.54. The van der Waals surface area contributed by atoms with Crippen LogP contribution in [-0.2, 0) is 19.1 Å². The van der Waals surface area contributed by atoms with Crippen LogP contribution in [-0.4, -0.2) is 18.2 Å². The zero-order valence-corrected chi connectivity index (χ0v) is 11.8. The van der Waals surface area contributed by atoms with Crippen molar-refractivity contribution in [3.05, 3.63) is 11.6 Å². The highest BCUT2D eigenvalue weighted by Crippen LogP contribution is 2.45. The number of carbonyl (C=O) groups is 2. The molecule has 0 amide bonds. The van der Waals surface area contributed by atoms with Gasteiger partial charge in [-0.25, -0.2) is 0 Å². The van der Waals surface area contributed by atoms with Gasteiger partial charge in [-0.3, -0.25) is 9.59 Å². The molecule has 4 nitrogen and oxygen atoms in total. The molecular formula is C14H22O4. The molecule has 18 heavy (non-hydrogen) atoms. The summed E-state index contributed by atoms with van der Waals surface area (Å²) in [6.07, 6.45) is 2.89. The molecule has 1 unspecified atom stereocenters. The number of esters is 2. The van der Waals surface area contributed by atoms with Crippen LogP contribution in [0.5, 0.6) is 0 Å². The van der Waals surface area contributed by atoms with Gasteiger partial charge in [-0.1, -0.05) is 25.5 Å². The van der Waals surface area contributed by atoms with Gasteiger partial charge in [0.1, 0.15) is 0 Å². The highest BCUT2D eigenvalue weighted by atomic mass is 16.7. The molecule has 0 spiro atoms. The van der Waals surface area contributed by atoms with E-state index in [1.54, 1.807) is 0 Å². The third kappa shape index (κ3) is 3.59. The van der Waals surface area contributed by atoms with E-state index in [-0.39, 0.29) is 5.41 Å². The van der Waals surface area contributed by atoms with Crippen LogP contribution < -0.4 is 0 Å². The van der Waals surface area contributed by atoms with Crippen LogP contribution in [0.1, 0.15) is 47.5 Å². The number of rotatable bonds is 4. The van der Waals surface area contributed by atoms with E-state index in [1.165, 1.54) is 19.4 Å². The third-order valence-electron chi connectivity index (χ3n) is 3.82. The number of ether oxygens (including phenoxy) is 2. The first kappa shape index (κ1) is 14.7. The molecule has 0 heterocycles. The molecule has 0 aromatic heterocycles. The molecule has 0 aromatic carbocycles. The molecule has 0 saturated carbocycles. The molecule has 1 rings (SSSR count). The monoisotopic (exact) mass is 254 g/mol. The van der Waals surface area contributed by atoms with Crippen molar-refractivity contribution in [1.29, 1.82) is 0 Å². The summed E-state index contributed by atoms with van der Waals surface area (Å²) in [6, 6.07) is 0. The standard InChI is InChI=1S/C14H22O4/c1-9-6-7-12(14(9,4)5)8-13(17-10(2)15)18-11(3)16/h6,12-13H,7-8H2,1-5H3. The van der Waals surface area contributed by atoms with Gasteiger partial charge >= 0.3 is 11.9 Å². The predicted molar refractivity (Wildman–Crippen MR) is 67.6 cm³/mol. The molecule has 4 heteroatoms. The molecule has 0 N–H and O–H groups in total. The topological polar surface area (TPSA) is 52.6 Å². The minimum absolute atomic E-state index is 0.0541. The van der Waals surface area contributed by atoms with E-state index in [9.17, 15) is 9.59 Å². The Morgan fingerprint density at radius 2 is 1.83 bits per heavy atom. The number of allylic oxidation sites excluding steroid dienone is 2. The van der Waals surface area contributed by atoms with Gasteiger partial charge in [0.15, 0.2) is 0 Å². The van der Waals surface area contributed by atoms with Crippen LogP contribution in [0.4, 0.5) is 0 Å². The van der Waals surface area contributed by atoms with E-state index >= 15 is 0 Å². The van der Waals surface area contributed by atoms with Crippen molar-refractivity contribution in [2.24, 2.45) is 11.3 Å². The van der Waals surface area contributed by atoms with Gasteiger partial charge in [0.25, 0.3) is 0 Å². The maximum Gasteiger partial charge on any atom is 0.305 e. The SMILES string of the molecule is CC(=O)OC(CC1CC=C(C)C1(C)C)OC(C)=O. The van der Waals surface area contributed by atoms with Crippen LogP contribution in [0.3, 0.4) is 0 Å². The van der Waals surface area contributed by atoms with Crippen molar-refractivity contribution in [2.75, 3.05) is 0 Å². The Hall–Kier alpha value is -1.32. The lowest BCUT2D eigenvalue weighted by Crippen LogP contribution is -2.30. The normalized spacial score (nSPS) is 21.7. The predicted octanol–water partition coefficient (Wildman–Crippen LogP) is 2.82. The Morgan fingerprint density at radius 3 is 2.17 bits per heavy atom. The van der Waals surface area contributed by atoms with E-state index in [2.05, 4.69) is 26.8 Å². The molecule has 1 atom stereocenters. The van der Waals surface area contributed by atoms with Gasteiger partial charge in [0.05, 0.1) is 0 Å². The molecule has 1 aliphatic rings. The molecule has 1 aliphatic carbocycles. The van der Waals surface area contributed by atoms with Gasteiger partial charge in [-0.05, 0) is 24.7 Å². The van der Waals surface area contributed by atoms with Crippen molar-refractivity contribution in [2.45, 2.75) is 53.8 Å². The van der Waals surface area contributed by atoms with Crippen molar-refractivity contribution in [3.8, 4) is 0 Å². The largest absolute Gasteiger partial charge is 0.425 e. The molecular weight excluding hydrogens is 232 g/mol. The van der Waals surface area contributed by atoms with Crippen molar-refractivity contribution in [1.82, 2.24) is 0 Å². The van der Waals surface area contributed by atoms with Crippen molar-refractivity contribution >= 4 is 11.9 Å². The zero-order chi connectivity index (χ0) is 13.9. The lowest BCUT2D eigenvalue weighted by molar-refractivity contribution is -0.188. The third-order valence-corrected chi connectivity index (χ3v) is 3.82. The fraction of sp³-hybridized carbons (Fsp3) is 0.714. The number of hydrogen-bond donors (Lipinski definition) is 0.